The molecule has 3 aromatic rings. The Bertz CT molecular complexity index is 852. The Balaban J connectivity index is 1.61. The number of pyridine rings is 1. The van der Waals surface area contributed by atoms with Gasteiger partial charge in [-0.05, 0) is 17.7 Å². The predicted octanol–water partition coefficient (Wildman–Crippen LogP) is 2.12. The van der Waals surface area contributed by atoms with Gasteiger partial charge in [-0.15, -0.1) is 0 Å². The Morgan fingerprint density at radius 3 is 2.65 bits per heavy atom. The Hall–Kier alpha value is -2.66. The maximum Gasteiger partial charge on any atom is 0.269 e. The second kappa shape index (κ2) is 5.85. The molecule has 5 nitrogen and oxygen atoms in total. The van der Waals surface area contributed by atoms with Gasteiger partial charge in [0.05, 0.1) is 16.9 Å². The van der Waals surface area contributed by atoms with E-state index in [9.17, 15) is 4.79 Å². The molecule has 0 bridgehead atoms. The van der Waals surface area contributed by atoms with E-state index in [4.69, 9.17) is 0 Å². The van der Waals surface area contributed by atoms with Crippen molar-refractivity contribution >= 4 is 0 Å². The smallest absolute Gasteiger partial charge is 0.269 e. The number of aromatic nitrogens is 3. The molecule has 1 aliphatic heterocycles. The summed E-state index contributed by atoms with van der Waals surface area (Å²) in [4.78, 5) is 18.7. The van der Waals surface area contributed by atoms with E-state index >= 15 is 0 Å². The summed E-state index contributed by atoms with van der Waals surface area (Å²) in [6.45, 7) is 2.52. The van der Waals surface area contributed by atoms with Crippen LogP contribution in [0.1, 0.15) is 16.8 Å². The fraction of sp³-hybridized carbons (Fsp3) is 0.222. The minimum Gasteiger partial charge on any atom is -0.294 e. The molecule has 116 valence electrons. The van der Waals surface area contributed by atoms with E-state index in [2.05, 4.69) is 39.2 Å². The molecular weight excluding hydrogens is 288 g/mol. The number of rotatable bonds is 3. The van der Waals surface area contributed by atoms with Gasteiger partial charge in [0.25, 0.3) is 5.56 Å². The molecule has 0 unspecified atom stereocenters. The second-order valence-corrected chi connectivity index (χ2v) is 5.85. The number of hydrogen-bond donors (Lipinski definition) is 1. The van der Waals surface area contributed by atoms with Crippen LogP contribution in [0.4, 0.5) is 0 Å². The summed E-state index contributed by atoms with van der Waals surface area (Å²) in [6.07, 6.45) is 4.35. The molecule has 0 amide bonds. The third kappa shape index (κ3) is 2.71. The number of benzene rings is 1. The van der Waals surface area contributed by atoms with Gasteiger partial charge in [-0.1, -0.05) is 30.3 Å². The number of aromatic amines is 1. The van der Waals surface area contributed by atoms with Crippen molar-refractivity contribution in [1.29, 1.82) is 0 Å². The van der Waals surface area contributed by atoms with Gasteiger partial charge in [0.1, 0.15) is 0 Å². The van der Waals surface area contributed by atoms with Crippen LogP contribution in [0, 0.1) is 0 Å². The topological polar surface area (TPSA) is 53.9 Å². The first-order valence-corrected chi connectivity index (χ1v) is 7.81. The first kappa shape index (κ1) is 14.0. The number of nitrogens with one attached hydrogen (secondary N) is 1. The fourth-order valence-electron chi connectivity index (χ4n) is 3.19. The van der Waals surface area contributed by atoms with E-state index in [0.717, 1.165) is 36.5 Å². The molecule has 0 saturated heterocycles. The van der Waals surface area contributed by atoms with Crippen LogP contribution in [-0.2, 0) is 19.5 Å². The number of nitrogens with zero attached hydrogens (tertiary/aromatic N) is 3. The lowest BCUT2D eigenvalue weighted by Crippen LogP contribution is -2.32. The maximum absolute atomic E-state index is 12.3. The van der Waals surface area contributed by atoms with Crippen LogP contribution in [0.3, 0.4) is 0 Å². The first-order valence-electron chi connectivity index (χ1n) is 7.81. The minimum absolute atomic E-state index is 0.00886. The lowest BCUT2D eigenvalue weighted by molar-refractivity contribution is 0.243. The molecule has 0 radical (unpaired) electrons. The molecule has 0 fully saturated rings. The third-order valence-electron chi connectivity index (χ3n) is 4.32. The number of fused-ring (bicyclic) bond motifs is 1. The minimum atomic E-state index is 0.00886. The van der Waals surface area contributed by atoms with Crippen LogP contribution in [0.15, 0.2) is 59.7 Å². The molecule has 0 spiro atoms. The van der Waals surface area contributed by atoms with E-state index in [1.54, 1.807) is 12.4 Å². The number of hydrogen-bond acceptors (Lipinski definition) is 3. The van der Waals surface area contributed by atoms with Crippen LogP contribution in [-0.4, -0.2) is 26.2 Å². The van der Waals surface area contributed by atoms with E-state index in [0.29, 0.717) is 6.54 Å². The van der Waals surface area contributed by atoms with Crippen LogP contribution in [0.5, 0.6) is 0 Å². The molecule has 1 N–H and O–H groups in total. The highest BCUT2D eigenvalue weighted by Crippen LogP contribution is 2.20. The van der Waals surface area contributed by atoms with E-state index in [1.165, 1.54) is 5.56 Å². The molecule has 3 heterocycles. The van der Waals surface area contributed by atoms with Crippen molar-refractivity contribution in [1.82, 2.24) is 19.7 Å². The van der Waals surface area contributed by atoms with E-state index in [-0.39, 0.29) is 5.56 Å². The predicted molar refractivity (Wildman–Crippen MR) is 88.4 cm³/mol. The van der Waals surface area contributed by atoms with Gasteiger partial charge in [-0.3, -0.25) is 24.5 Å². The molecule has 0 saturated carbocycles. The normalized spacial score (nSPS) is 14.6. The van der Waals surface area contributed by atoms with Crippen LogP contribution in [0.25, 0.3) is 5.69 Å². The molecule has 1 aromatic carbocycles. The lowest BCUT2D eigenvalue weighted by Gasteiger charge is -2.27. The van der Waals surface area contributed by atoms with E-state index < -0.39 is 0 Å². The Labute approximate surface area is 134 Å². The van der Waals surface area contributed by atoms with Crippen molar-refractivity contribution in [2.45, 2.75) is 19.5 Å². The van der Waals surface area contributed by atoms with Crippen molar-refractivity contribution in [3.63, 3.8) is 0 Å². The van der Waals surface area contributed by atoms with Gasteiger partial charge in [-0.25, -0.2) is 0 Å². The van der Waals surface area contributed by atoms with Gasteiger partial charge in [0.15, 0.2) is 0 Å². The first-order chi connectivity index (χ1) is 11.3. The van der Waals surface area contributed by atoms with Crippen molar-refractivity contribution in [3.8, 4) is 5.69 Å². The van der Waals surface area contributed by atoms with Crippen molar-refractivity contribution in [2.75, 3.05) is 6.54 Å². The highest BCUT2D eigenvalue weighted by atomic mass is 16.1. The Morgan fingerprint density at radius 2 is 1.87 bits per heavy atom. The van der Waals surface area contributed by atoms with Gasteiger partial charge in [0.2, 0.25) is 0 Å². The SMILES string of the molecule is O=c1[nH]n(-c2ccncc2)c2c1CN(Cc1ccccc1)CC2. The van der Waals surface area contributed by atoms with Crippen molar-refractivity contribution in [2.24, 2.45) is 0 Å². The quantitative estimate of drug-likeness (QED) is 0.806. The fourth-order valence-corrected chi connectivity index (χ4v) is 3.19. The molecule has 0 aliphatic carbocycles. The highest BCUT2D eigenvalue weighted by molar-refractivity contribution is 5.34. The monoisotopic (exact) mass is 306 g/mol. The largest absolute Gasteiger partial charge is 0.294 e. The lowest BCUT2D eigenvalue weighted by atomic mass is 10.1. The van der Waals surface area contributed by atoms with Crippen LogP contribution in [0.2, 0.25) is 0 Å². The number of H-pyrrole nitrogens is 1. The third-order valence-corrected chi connectivity index (χ3v) is 4.32. The zero-order chi connectivity index (χ0) is 15.6. The molecule has 0 atom stereocenters. The second-order valence-electron chi connectivity index (χ2n) is 5.85. The summed E-state index contributed by atoms with van der Waals surface area (Å²) in [7, 11) is 0. The van der Waals surface area contributed by atoms with Gasteiger partial charge >= 0.3 is 0 Å². The standard InChI is InChI=1S/C18H18N4O/c23-18-16-13-21(12-14-4-2-1-3-5-14)11-8-17(16)22(20-18)15-6-9-19-10-7-15/h1-7,9-10H,8,11-13H2,(H,20,23). The molecule has 4 rings (SSSR count). The van der Waals surface area contributed by atoms with E-state index in [1.807, 2.05) is 22.9 Å². The zero-order valence-corrected chi connectivity index (χ0v) is 12.8. The highest BCUT2D eigenvalue weighted by Gasteiger charge is 2.23. The zero-order valence-electron chi connectivity index (χ0n) is 12.8. The maximum atomic E-state index is 12.3. The van der Waals surface area contributed by atoms with Gasteiger partial charge in [-0.2, -0.15) is 0 Å². The van der Waals surface area contributed by atoms with Gasteiger partial charge < -0.3 is 0 Å². The molecule has 23 heavy (non-hydrogen) atoms. The summed E-state index contributed by atoms with van der Waals surface area (Å²) >= 11 is 0. The summed E-state index contributed by atoms with van der Waals surface area (Å²) in [5.41, 5.74) is 4.21. The molecule has 1 aliphatic rings. The van der Waals surface area contributed by atoms with Gasteiger partial charge in [0, 0.05) is 38.4 Å². The molecule has 2 aromatic heterocycles. The molecule has 5 heteroatoms. The van der Waals surface area contributed by atoms with Crippen LogP contribution >= 0.6 is 0 Å². The van der Waals surface area contributed by atoms with Crippen molar-refractivity contribution in [3.05, 3.63) is 82.0 Å². The summed E-state index contributed by atoms with van der Waals surface area (Å²) < 4.78 is 1.90. The summed E-state index contributed by atoms with van der Waals surface area (Å²) in [5, 5.41) is 2.96. The average molecular weight is 306 g/mol. The van der Waals surface area contributed by atoms with Crippen molar-refractivity contribution < 1.29 is 0 Å². The summed E-state index contributed by atoms with van der Waals surface area (Å²) in [6, 6.07) is 14.2. The van der Waals surface area contributed by atoms with Crippen LogP contribution < -0.4 is 5.56 Å². The summed E-state index contributed by atoms with van der Waals surface area (Å²) in [5.74, 6) is 0. The Kier molecular flexibility index (Phi) is 3.55. The Morgan fingerprint density at radius 1 is 1.09 bits per heavy atom. The average Bonchev–Trinajstić information content (AvgIpc) is 2.93. The molecular formula is C18H18N4O.